The average molecular weight is 389 g/mol. The van der Waals surface area contributed by atoms with Crippen LogP contribution in [0.5, 0.6) is 0 Å². The normalized spacial score (nSPS) is 10.6. The van der Waals surface area contributed by atoms with E-state index in [2.05, 4.69) is 15.4 Å². The lowest BCUT2D eigenvalue weighted by atomic mass is 10.1. The van der Waals surface area contributed by atoms with Crippen molar-refractivity contribution in [1.29, 1.82) is 0 Å². The van der Waals surface area contributed by atoms with Crippen LogP contribution in [0.1, 0.15) is 15.9 Å². The number of nitrogens with zero attached hydrogens (tertiary/aromatic N) is 2. The zero-order valence-electron chi connectivity index (χ0n) is 13.9. The van der Waals surface area contributed by atoms with Gasteiger partial charge in [0.05, 0.1) is 16.3 Å². The number of H-pyrrole nitrogens is 1. The second-order valence-corrected chi connectivity index (χ2v) is 6.06. The second kappa shape index (κ2) is 7.96. The van der Waals surface area contributed by atoms with E-state index in [-0.39, 0.29) is 28.6 Å². The first-order valence-electron chi connectivity index (χ1n) is 7.95. The zero-order chi connectivity index (χ0) is 19.4. The maximum absolute atomic E-state index is 13.2. The molecular weight excluding hydrogens is 375 g/mol. The number of rotatable bonds is 5. The van der Waals surface area contributed by atoms with Crippen LogP contribution < -0.4 is 16.6 Å². The Hall–Kier alpha value is -3.26. The number of halogens is 2. The van der Waals surface area contributed by atoms with E-state index in [1.807, 2.05) is 0 Å². The Balaban J connectivity index is 1.76. The van der Waals surface area contributed by atoms with Crippen LogP contribution in [-0.2, 0) is 6.42 Å². The van der Waals surface area contributed by atoms with Gasteiger partial charge in [-0.1, -0.05) is 23.7 Å². The highest BCUT2D eigenvalue weighted by Gasteiger charge is 2.13. The number of carbonyl (C=O) groups excluding carboxylic acids is 1. The Morgan fingerprint density at radius 3 is 2.78 bits per heavy atom. The van der Waals surface area contributed by atoms with Gasteiger partial charge in [0.1, 0.15) is 12.0 Å². The summed E-state index contributed by atoms with van der Waals surface area (Å²) >= 11 is 6.08. The smallest absolute Gasteiger partial charge is 0.349 e. The van der Waals surface area contributed by atoms with Crippen LogP contribution in [-0.4, -0.2) is 27.2 Å². The molecule has 0 atom stereocenters. The SMILES string of the molecule is O=C(NCCc1cccc(F)c1)c1cc(-n2ncc(=O)[nH]c2=O)ccc1Cl. The molecule has 0 spiro atoms. The van der Waals surface area contributed by atoms with E-state index in [1.165, 1.54) is 30.3 Å². The van der Waals surface area contributed by atoms with Gasteiger partial charge in [-0.3, -0.25) is 14.6 Å². The predicted octanol–water partition coefficient (Wildman–Crippen LogP) is 1.69. The molecule has 0 saturated carbocycles. The molecule has 0 saturated heterocycles. The first kappa shape index (κ1) is 18.5. The van der Waals surface area contributed by atoms with Crippen molar-refractivity contribution in [2.24, 2.45) is 0 Å². The molecule has 9 heteroatoms. The van der Waals surface area contributed by atoms with Crippen molar-refractivity contribution in [3.63, 3.8) is 0 Å². The standard InChI is InChI=1S/C18H14ClFN4O3/c19-15-5-4-13(24-18(27)23-16(25)10-22-24)9-14(15)17(26)21-7-6-11-2-1-3-12(20)8-11/h1-5,8-10H,6-7H2,(H,21,26)(H,23,25,27). The largest absolute Gasteiger partial charge is 0.352 e. The summed E-state index contributed by atoms with van der Waals surface area (Å²) in [6.07, 6.45) is 1.40. The van der Waals surface area contributed by atoms with Crippen molar-refractivity contribution in [2.45, 2.75) is 6.42 Å². The number of hydrogen-bond donors (Lipinski definition) is 2. The summed E-state index contributed by atoms with van der Waals surface area (Å²) in [5.41, 5.74) is -0.189. The second-order valence-electron chi connectivity index (χ2n) is 5.65. The molecule has 3 rings (SSSR count). The van der Waals surface area contributed by atoms with Crippen LogP contribution in [0.2, 0.25) is 5.02 Å². The molecule has 2 N–H and O–H groups in total. The summed E-state index contributed by atoms with van der Waals surface area (Å²) < 4.78 is 14.1. The van der Waals surface area contributed by atoms with Crippen molar-refractivity contribution in [2.75, 3.05) is 6.54 Å². The fourth-order valence-electron chi connectivity index (χ4n) is 2.46. The molecule has 1 amide bonds. The van der Waals surface area contributed by atoms with E-state index >= 15 is 0 Å². The molecule has 0 bridgehead atoms. The number of amides is 1. The highest BCUT2D eigenvalue weighted by Crippen LogP contribution is 2.19. The van der Waals surface area contributed by atoms with Gasteiger partial charge >= 0.3 is 5.69 Å². The molecule has 0 unspecified atom stereocenters. The van der Waals surface area contributed by atoms with E-state index in [1.54, 1.807) is 12.1 Å². The van der Waals surface area contributed by atoms with Crippen molar-refractivity contribution < 1.29 is 9.18 Å². The van der Waals surface area contributed by atoms with Gasteiger partial charge in [-0.25, -0.2) is 9.18 Å². The van der Waals surface area contributed by atoms with Crippen molar-refractivity contribution in [3.05, 3.63) is 91.5 Å². The average Bonchev–Trinajstić information content (AvgIpc) is 2.62. The Kier molecular flexibility index (Phi) is 5.46. The van der Waals surface area contributed by atoms with Crippen LogP contribution in [0.4, 0.5) is 4.39 Å². The van der Waals surface area contributed by atoms with E-state index in [0.717, 1.165) is 16.4 Å². The van der Waals surface area contributed by atoms with Crippen LogP contribution >= 0.6 is 11.6 Å². The monoisotopic (exact) mass is 388 g/mol. The molecule has 2 aromatic carbocycles. The molecule has 1 aromatic heterocycles. The topological polar surface area (TPSA) is 96.8 Å². The van der Waals surface area contributed by atoms with Crippen molar-refractivity contribution in [1.82, 2.24) is 20.1 Å². The van der Waals surface area contributed by atoms with Gasteiger partial charge in [0.2, 0.25) is 0 Å². The van der Waals surface area contributed by atoms with Gasteiger partial charge in [0.25, 0.3) is 11.5 Å². The number of carbonyl (C=O) groups is 1. The number of benzene rings is 2. The van der Waals surface area contributed by atoms with Crippen LogP contribution in [0.3, 0.4) is 0 Å². The summed E-state index contributed by atoms with van der Waals surface area (Å²) in [5, 5.41) is 6.63. The van der Waals surface area contributed by atoms with Gasteiger partial charge in [-0.15, -0.1) is 0 Å². The summed E-state index contributed by atoms with van der Waals surface area (Å²) in [5.74, 6) is -0.788. The Labute approximate surface area is 157 Å². The number of hydrogen-bond acceptors (Lipinski definition) is 4. The van der Waals surface area contributed by atoms with Crippen LogP contribution in [0.25, 0.3) is 5.69 Å². The molecule has 138 valence electrons. The molecule has 0 radical (unpaired) electrons. The van der Waals surface area contributed by atoms with E-state index in [9.17, 15) is 18.8 Å². The molecule has 27 heavy (non-hydrogen) atoms. The summed E-state index contributed by atoms with van der Waals surface area (Å²) in [4.78, 5) is 37.5. The highest BCUT2D eigenvalue weighted by molar-refractivity contribution is 6.33. The van der Waals surface area contributed by atoms with Crippen LogP contribution in [0, 0.1) is 5.82 Å². The Morgan fingerprint density at radius 2 is 2.04 bits per heavy atom. The fourth-order valence-corrected chi connectivity index (χ4v) is 2.67. The molecule has 1 heterocycles. The third-order valence-electron chi connectivity index (χ3n) is 3.74. The number of aromatic amines is 1. The van der Waals surface area contributed by atoms with Crippen LogP contribution in [0.15, 0.2) is 58.3 Å². The molecule has 0 fully saturated rings. The Morgan fingerprint density at radius 1 is 1.22 bits per heavy atom. The lowest BCUT2D eigenvalue weighted by Crippen LogP contribution is -2.31. The summed E-state index contributed by atoms with van der Waals surface area (Å²) in [7, 11) is 0. The van der Waals surface area contributed by atoms with Gasteiger partial charge in [0, 0.05) is 6.54 Å². The van der Waals surface area contributed by atoms with Crippen molar-refractivity contribution in [3.8, 4) is 5.69 Å². The summed E-state index contributed by atoms with van der Waals surface area (Å²) in [6, 6.07) is 10.5. The summed E-state index contributed by atoms with van der Waals surface area (Å²) in [6.45, 7) is 0.277. The highest BCUT2D eigenvalue weighted by atomic mass is 35.5. The Bertz CT molecular complexity index is 1110. The lowest BCUT2D eigenvalue weighted by Gasteiger charge is -2.09. The minimum Gasteiger partial charge on any atom is -0.352 e. The van der Waals surface area contributed by atoms with Gasteiger partial charge in [0.15, 0.2) is 0 Å². The third-order valence-corrected chi connectivity index (χ3v) is 4.07. The van der Waals surface area contributed by atoms with Gasteiger partial charge < -0.3 is 5.32 Å². The number of aromatic nitrogens is 3. The molecule has 0 aliphatic rings. The quantitative estimate of drug-likeness (QED) is 0.695. The first-order valence-corrected chi connectivity index (χ1v) is 8.33. The lowest BCUT2D eigenvalue weighted by molar-refractivity contribution is 0.0954. The molecule has 0 aliphatic carbocycles. The van der Waals surface area contributed by atoms with Crippen molar-refractivity contribution >= 4 is 17.5 Å². The zero-order valence-corrected chi connectivity index (χ0v) is 14.7. The molecule has 3 aromatic rings. The maximum Gasteiger partial charge on any atom is 0.349 e. The minimum atomic E-state index is -0.734. The molecule has 7 nitrogen and oxygen atoms in total. The molecular formula is C18H14ClFN4O3. The van der Waals surface area contributed by atoms with E-state index in [4.69, 9.17) is 11.6 Å². The third kappa shape index (κ3) is 4.48. The maximum atomic E-state index is 13.2. The van der Waals surface area contributed by atoms with Gasteiger partial charge in [-0.05, 0) is 42.3 Å². The van der Waals surface area contributed by atoms with Gasteiger partial charge in [-0.2, -0.15) is 9.78 Å². The molecule has 0 aliphatic heterocycles. The first-order chi connectivity index (χ1) is 12.9. The van der Waals surface area contributed by atoms with E-state index in [0.29, 0.717) is 6.42 Å². The number of nitrogens with one attached hydrogen (secondary N) is 2. The predicted molar refractivity (Wildman–Crippen MR) is 97.9 cm³/mol. The minimum absolute atomic E-state index is 0.147. The van der Waals surface area contributed by atoms with E-state index < -0.39 is 17.2 Å². The fraction of sp³-hybridized carbons (Fsp3) is 0.111.